The highest BCUT2D eigenvalue weighted by Crippen LogP contribution is 2.33. The van der Waals surface area contributed by atoms with Gasteiger partial charge in [-0.25, -0.2) is 4.79 Å². The van der Waals surface area contributed by atoms with E-state index in [1.165, 1.54) is 4.88 Å². The second-order valence-electron chi connectivity index (χ2n) is 9.21. The van der Waals surface area contributed by atoms with Crippen molar-refractivity contribution in [1.82, 2.24) is 4.90 Å². The molecule has 0 aliphatic carbocycles. The number of carboxylic acids is 1. The van der Waals surface area contributed by atoms with Gasteiger partial charge in [-0.1, -0.05) is 49.0 Å². The van der Waals surface area contributed by atoms with Crippen LogP contribution >= 0.6 is 11.3 Å². The van der Waals surface area contributed by atoms with E-state index in [1.54, 1.807) is 17.4 Å². The fraction of sp³-hybridized carbons (Fsp3) is 0.345. The minimum absolute atomic E-state index is 0.226. The second-order valence-corrected chi connectivity index (χ2v) is 10.2. The molecular formula is C29H33NO4S. The number of aromatic carboxylic acids is 1. The molecule has 0 saturated carbocycles. The van der Waals surface area contributed by atoms with Crippen LogP contribution in [0.5, 0.6) is 0 Å². The summed E-state index contributed by atoms with van der Waals surface area (Å²) >= 11 is 1.71. The Labute approximate surface area is 211 Å². The maximum absolute atomic E-state index is 11.4. The van der Waals surface area contributed by atoms with Gasteiger partial charge in [-0.15, -0.1) is 11.3 Å². The number of thiophene rings is 1. The summed E-state index contributed by atoms with van der Waals surface area (Å²) in [6, 6.07) is 17.8. The van der Waals surface area contributed by atoms with Gasteiger partial charge >= 0.3 is 5.97 Å². The third-order valence-electron chi connectivity index (χ3n) is 6.75. The van der Waals surface area contributed by atoms with Gasteiger partial charge in [0.05, 0.1) is 24.4 Å². The third-order valence-corrected chi connectivity index (χ3v) is 7.70. The Morgan fingerprint density at radius 1 is 1.23 bits per heavy atom. The van der Waals surface area contributed by atoms with E-state index in [4.69, 9.17) is 4.74 Å². The molecule has 0 amide bonds. The van der Waals surface area contributed by atoms with Crippen molar-refractivity contribution in [3.8, 4) is 11.1 Å². The summed E-state index contributed by atoms with van der Waals surface area (Å²) in [5, 5.41) is 22.2. The number of aliphatic hydroxyl groups is 1. The predicted octanol–water partition coefficient (Wildman–Crippen LogP) is 6.04. The zero-order valence-electron chi connectivity index (χ0n) is 20.3. The lowest BCUT2D eigenvalue weighted by atomic mass is 9.94. The first-order valence-electron chi connectivity index (χ1n) is 12.0. The lowest BCUT2D eigenvalue weighted by molar-refractivity contribution is -0.0149. The molecule has 2 N–H and O–H groups in total. The van der Waals surface area contributed by atoms with Gasteiger partial charge in [-0.2, -0.15) is 0 Å². The number of carbonyl (C=O) groups is 1. The zero-order chi connectivity index (χ0) is 24.9. The number of ether oxygens (including phenoxy) is 1. The van der Waals surface area contributed by atoms with Crippen LogP contribution in [0, 0.1) is 6.92 Å². The van der Waals surface area contributed by atoms with Crippen molar-refractivity contribution >= 4 is 22.9 Å². The zero-order valence-corrected chi connectivity index (χ0v) is 21.1. The molecule has 4 rings (SSSR count). The summed E-state index contributed by atoms with van der Waals surface area (Å²) in [7, 11) is 0. The second kappa shape index (κ2) is 11.3. The summed E-state index contributed by atoms with van der Waals surface area (Å²) in [6.45, 7) is 9.88. The average Bonchev–Trinajstić information content (AvgIpc) is 3.54. The van der Waals surface area contributed by atoms with E-state index < -0.39 is 12.1 Å². The van der Waals surface area contributed by atoms with E-state index >= 15 is 0 Å². The van der Waals surface area contributed by atoms with Gasteiger partial charge in [0.25, 0.3) is 0 Å². The van der Waals surface area contributed by atoms with Crippen molar-refractivity contribution < 1.29 is 19.7 Å². The summed E-state index contributed by atoms with van der Waals surface area (Å²) in [4.78, 5) is 14.9. The summed E-state index contributed by atoms with van der Waals surface area (Å²) in [5.41, 5.74) is 5.12. The van der Waals surface area contributed by atoms with E-state index in [9.17, 15) is 15.0 Å². The lowest BCUT2D eigenvalue weighted by Crippen LogP contribution is -2.38. The predicted molar refractivity (Wildman–Crippen MR) is 142 cm³/mol. The Balaban J connectivity index is 1.39. The van der Waals surface area contributed by atoms with Crippen LogP contribution < -0.4 is 0 Å². The first kappa shape index (κ1) is 25.3. The topological polar surface area (TPSA) is 70.0 Å². The first-order chi connectivity index (χ1) is 16.8. The van der Waals surface area contributed by atoms with Crippen molar-refractivity contribution in [2.45, 2.75) is 44.9 Å². The smallest absolute Gasteiger partial charge is 0.335 e. The Kier molecular flexibility index (Phi) is 8.19. The molecule has 1 fully saturated rings. The highest BCUT2D eigenvalue weighted by molar-refractivity contribution is 7.11. The van der Waals surface area contributed by atoms with E-state index in [1.807, 2.05) is 56.3 Å². The Bertz CT molecular complexity index is 1170. The van der Waals surface area contributed by atoms with Gasteiger partial charge < -0.3 is 14.9 Å². The highest BCUT2D eigenvalue weighted by Gasteiger charge is 2.29. The Morgan fingerprint density at radius 2 is 2.03 bits per heavy atom. The number of rotatable bonds is 10. The quantitative estimate of drug-likeness (QED) is 0.362. The molecular weight excluding hydrogens is 458 g/mol. The Morgan fingerprint density at radius 3 is 2.74 bits per heavy atom. The fourth-order valence-electron chi connectivity index (χ4n) is 4.92. The van der Waals surface area contributed by atoms with Crippen LogP contribution in [0.1, 0.15) is 52.2 Å². The summed E-state index contributed by atoms with van der Waals surface area (Å²) < 4.78 is 6.13. The molecule has 0 radical (unpaired) electrons. The lowest BCUT2D eigenvalue weighted by Gasteiger charge is -2.28. The number of aliphatic hydroxyl groups excluding tert-OH is 1. The summed E-state index contributed by atoms with van der Waals surface area (Å²) in [6.07, 6.45) is 1.34. The molecule has 3 atom stereocenters. The molecule has 2 heterocycles. The van der Waals surface area contributed by atoms with Crippen LogP contribution in [0.15, 0.2) is 66.6 Å². The maximum Gasteiger partial charge on any atom is 0.335 e. The third kappa shape index (κ3) is 5.90. The first-order valence-corrected chi connectivity index (χ1v) is 12.9. The van der Waals surface area contributed by atoms with Crippen LogP contribution in [0.4, 0.5) is 0 Å². The largest absolute Gasteiger partial charge is 0.478 e. The van der Waals surface area contributed by atoms with Crippen LogP contribution in [-0.4, -0.2) is 52.9 Å². The molecule has 1 saturated heterocycles. The van der Waals surface area contributed by atoms with Gasteiger partial charge in [-0.05, 0) is 78.6 Å². The van der Waals surface area contributed by atoms with Gasteiger partial charge in [0.2, 0.25) is 0 Å². The number of carboxylic acid groups (broad SMARTS) is 1. The monoisotopic (exact) mass is 491 g/mol. The molecule has 0 unspecified atom stereocenters. The molecule has 5 nitrogen and oxygen atoms in total. The Hall–Kier alpha value is -2.77. The SMILES string of the molecule is C=C(c1cccs1)[C@@H]1CCCN1C[C@@H](O)CO[C@H](C)c1ccccc1-c1ccc(C(=O)O)c(C)c1. The minimum Gasteiger partial charge on any atom is -0.478 e. The number of likely N-dealkylation sites (tertiary alicyclic amines) is 1. The van der Waals surface area contributed by atoms with E-state index in [2.05, 4.69) is 22.9 Å². The molecule has 6 heteroatoms. The number of aryl methyl sites for hydroxylation is 1. The van der Waals surface area contributed by atoms with Crippen LogP contribution in [0.25, 0.3) is 16.7 Å². The van der Waals surface area contributed by atoms with Crippen molar-refractivity contribution in [2.75, 3.05) is 19.7 Å². The van der Waals surface area contributed by atoms with Crippen molar-refractivity contribution in [3.05, 3.63) is 88.1 Å². The minimum atomic E-state index is -0.924. The van der Waals surface area contributed by atoms with E-state index in [-0.39, 0.29) is 18.8 Å². The maximum atomic E-state index is 11.4. The van der Waals surface area contributed by atoms with Gasteiger partial charge in [0.1, 0.15) is 0 Å². The van der Waals surface area contributed by atoms with Crippen molar-refractivity contribution in [3.63, 3.8) is 0 Å². The van der Waals surface area contributed by atoms with Gasteiger partial charge in [0.15, 0.2) is 0 Å². The molecule has 1 aliphatic heterocycles. The molecule has 3 aromatic rings. The molecule has 0 bridgehead atoms. The normalized spacial score (nSPS) is 17.9. The highest BCUT2D eigenvalue weighted by atomic mass is 32.1. The summed E-state index contributed by atoms with van der Waals surface area (Å²) in [5.74, 6) is -0.924. The van der Waals surface area contributed by atoms with Crippen LogP contribution in [0.3, 0.4) is 0 Å². The van der Waals surface area contributed by atoms with Crippen molar-refractivity contribution in [1.29, 1.82) is 0 Å². The average molecular weight is 492 g/mol. The number of benzene rings is 2. The van der Waals surface area contributed by atoms with E-state index in [0.717, 1.165) is 47.2 Å². The number of nitrogens with zero attached hydrogens (tertiary/aromatic N) is 1. The van der Waals surface area contributed by atoms with E-state index in [0.29, 0.717) is 12.1 Å². The molecule has 184 valence electrons. The van der Waals surface area contributed by atoms with Crippen molar-refractivity contribution in [2.24, 2.45) is 0 Å². The van der Waals surface area contributed by atoms with Crippen LogP contribution in [-0.2, 0) is 4.74 Å². The van der Waals surface area contributed by atoms with Gasteiger partial charge in [-0.3, -0.25) is 4.90 Å². The number of β-amino-alcohol motifs (C(OH)–C–C–N with tert-alkyl or cyclic N) is 1. The molecule has 0 spiro atoms. The standard InChI is InChI=1S/C29H33NO4S/c1-19-16-22(12-13-24(19)29(32)33)26-9-5-4-8-25(26)21(3)34-18-23(31)17-30-14-6-10-27(30)20(2)28-11-7-15-35-28/h4-5,7-9,11-13,15-16,21,23,27,31H,2,6,10,14,17-18H2,1,3H3,(H,32,33)/t21-,23-,27+/m1/s1. The molecule has 2 aromatic carbocycles. The molecule has 1 aliphatic rings. The molecule has 35 heavy (non-hydrogen) atoms. The fourth-order valence-corrected chi connectivity index (χ4v) is 5.67. The van der Waals surface area contributed by atoms with Gasteiger partial charge in [0, 0.05) is 17.5 Å². The van der Waals surface area contributed by atoms with Crippen LogP contribution in [0.2, 0.25) is 0 Å². The number of hydrogen-bond donors (Lipinski definition) is 2. The molecule has 1 aromatic heterocycles. The number of hydrogen-bond acceptors (Lipinski definition) is 5.